The smallest absolute Gasteiger partial charge is 0.334 e. The summed E-state index contributed by atoms with van der Waals surface area (Å²) in [5.74, 6) is 1.44. The lowest BCUT2D eigenvalue weighted by molar-refractivity contribution is -0.663. The Kier molecular flexibility index (Phi) is 2.59. The van der Waals surface area contributed by atoms with Gasteiger partial charge in [-0.25, -0.2) is 4.57 Å². The van der Waals surface area contributed by atoms with Gasteiger partial charge in [0, 0.05) is 16.8 Å². The van der Waals surface area contributed by atoms with Crippen LogP contribution in [0.2, 0.25) is 0 Å². The van der Waals surface area contributed by atoms with Gasteiger partial charge in [-0.3, -0.25) is 0 Å². The molecule has 116 valence electrons. The van der Waals surface area contributed by atoms with Crippen molar-refractivity contribution >= 4 is 33.1 Å². The maximum atomic E-state index is 6.14. The van der Waals surface area contributed by atoms with Crippen LogP contribution >= 0.6 is 0 Å². The van der Waals surface area contributed by atoms with Gasteiger partial charge in [0.05, 0.1) is 18.6 Å². The molecule has 3 aromatic heterocycles. The number of rotatable bonds is 1. The van der Waals surface area contributed by atoms with Crippen LogP contribution < -0.4 is 4.57 Å². The van der Waals surface area contributed by atoms with Gasteiger partial charge in [-0.15, -0.1) is 0 Å². The van der Waals surface area contributed by atoms with Gasteiger partial charge in [0.15, 0.2) is 5.58 Å². The second-order valence-corrected chi connectivity index (χ2v) is 6.05. The lowest BCUT2D eigenvalue weighted by Gasteiger charge is -2.03. The highest BCUT2D eigenvalue weighted by atomic mass is 16.5. The number of furan rings is 2. The number of hydrogen-bond acceptors (Lipinski definition) is 3. The Morgan fingerprint density at radius 1 is 0.958 bits per heavy atom. The van der Waals surface area contributed by atoms with Crippen LogP contribution in [0.5, 0.6) is 0 Å². The molecule has 3 heterocycles. The SMILES string of the molecule is Cc1ccc2c(oc3oc4ccccc4c32)c1-c1nccc[n+]1C. The van der Waals surface area contributed by atoms with Gasteiger partial charge in [-0.2, -0.15) is 0 Å². The molecule has 0 aliphatic carbocycles. The second-order valence-electron chi connectivity index (χ2n) is 6.05. The fourth-order valence-electron chi connectivity index (χ4n) is 3.39. The zero-order valence-corrected chi connectivity index (χ0v) is 13.4. The molecule has 0 fully saturated rings. The van der Waals surface area contributed by atoms with Crippen molar-refractivity contribution in [1.29, 1.82) is 0 Å². The summed E-state index contributed by atoms with van der Waals surface area (Å²) in [6, 6.07) is 14.1. The van der Waals surface area contributed by atoms with Crippen LogP contribution in [-0.2, 0) is 7.05 Å². The topological polar surface area (TPSA) is 43.1 Å². The first-order chi connectivity index (χ1) is 11.7. The zero-order valence-electron chi connectivity index (χ0n) is 13.4. The molecular formula is C20H15N2O2+. The number of fused-ring (bicyclic) bond motifs is 5. The molecule has 0 atom stereocenters. The molecule has 0 aliphatic rings. The summed E-state index contributed by atoms with van der Waals surface area (Å²) < 4.78 is 14.0. The molecule has 2 aromatic carbocycles. The Labute approximate surface area is 138 Å². The van der Waals surface area contributed by atoms with E-state index in [0.717, 1.165) is 44.3 Å². The number of para-hydroxylation sites is 1. The number of nitrogens with zero attached hydrogens (tertiary/aromatic N) is 2. The normalized spacial score (nSPS) is 11.8. The van der Waals surface area contributed by atoms with Gasteiger partial charge in [-0.1, -0.05) is 30.3 Å². The molecule has 0 saturated heterocycles. The fraction of sp³-hybridized carbons (Fsp3) is 0.100. The van der Waals surface area contributed by atoms with Crippen molar-refractivity contribution in [2.45, 2.75) is 6.92 Å². The van der Waals surface area contributed by atoms with Gasteiger partial charge >= 0.3 is 5.82 Å². The summed E-state index contributed by atoms with van der Waals surface area (Å²) in [7, 11) is 1.99. The average molecular weight is 315 g/mol. The van der Waals surface area contributed by atoms with Crippen LogP contribution in [0.15, 0.2) is 63.7 Å². The quantitative estimate of drug-likeness (QED) is 0.427. The van der Waals surface area contributed by atoms with Gasteiger partial charge in [0.25, 0.3) is 5.78 Å². The van der Waals surface area contributed by atoms with E-state index in [0.29, 0.717) is 5.78 Å². The van der Waals surface area contributed by atoms with Crippen LogP contribution in [0.3, 0.4) is 0 Å². The Balaban J connectivity index is 1.96. The van der Waals surface area contributed by atoms with Crippen molar-refractivity contribution in [2.75, 3.05) is 0 Å². The second kappa shape index (κ2) is 4.68. The molecule has 0 bridgehead atoms. The van der Waals surface area contributed by atoms with E-state index in [1.807, 2.05) is 42.1 Å². The van der Waals surface area contributed by atoms with Crippen LogP contribution in [-0.4, -0.2) is 4.98 Å². The van der Waals surface area contributed by atoms with Crippen molar-refractivity contribution in [2.24, 2.45) is 7.05 Å². The number of benzene rings is 2. The largest absolute Gasteiger partial charge is 0.425 e. The van der Waals surface area contributed by atoms with E-state index in [4.69, 9.17) is 8.83 Å². The summed E-state index contributed by atoms with van der Waals surface area (Å²) in [6.07, 6.45) is 3.79. The monoisotopic (exact) mass is 315 g/mol. The number of hydrogen-bond donors (Lipinski definition) is 0. The summed E-state index contributed by atoms with van der Waals surface area (Å²) in [6.45, 7) is 2.08. The molecule has 0 saturated carbocycles. The fourth-order valence-corrected chi connectivity index (χ4v) is 3.39. The predicted octanol–water partition coefficient (Wildman–Crippen LogP) is 4.53. The zero-order chi connectivity index (χ0) is 16.3. The van der Waals surface area contributed by atoms with Crippen LogP contribution in [0, 0.1) is 6.92 Å². The third kappa shape index (κ3) is 1.68. The molecule has 5 aromatic rings. The molecule has 5 rings (SSSR count). The molecular weight excluding hydrogens is 300 g/mol. The van der Waals surface area contributed by atoms with Crippen molar-refractivity contribution in [3.63, 3.8) is 0 Å². The maximum Gasteiger partial charge on any atom is 0.334 e. The number of aromatic nitrogens is 2. The van der Waals surface area contributed by atoms with E-state index in [1.165, 1.54) is 0 Å². The molecule has 4 nitrogen and oxygen atoms in total. The average Bonchev–Trinajstić information content (AvgIpc) is 3.11. The first kappa shape index (κ1) is 13.3. The Morgan fingerprint density at radius 2 is 1.83 bits per heavy atom. The van der Waals surface area contributed by atoms with E-state index in [9.17, 15) is 0 Å². The van der Waals surface area contributed by atoms with Crippen LogP contribution in [0.1, 0.15) is 5.56 Å². The van der Waals surface area contributed by atoms with Gasteiger partial charge in [0.2, 0.25) is 0 Å². The molecule has 0 amide bonds. The van der Waals surface area contributed by atoms with E-state index in [-0.39, 0.29) is 0 Å². The van der Waals surface area contributed by atoms with E-state index in [1.54, 1.807) is 6.20 Å². The molecule has 4 heteroatoms. The van der Waals surface area contributed by atoms with E-state index >= 15 is 0 Å². The highest BCUT2D eigenvalue weighted by Crippen LogP contribution is 2.40. The lowest BCUT2D eigenvalue weighted by atomic mass is 10.0. The van der Waals surface area contributed by atoms with Gasteiger partial charge in [-0.05, 0) is 23.5 Å². The maximum absolute atomic E-state index is 6.14. The van der Waals surface area contributed by atoms with Crippen molar-refractivity contribution in [1.82, 2.24) is 4.98 Å². The van der Waals surface area contributed by atoms with Crippen molar-refractivity contribution < 1.29 is 13.4 Å². The summed E-state index contributed by atoms with van der Waals surface area (Å²) >= 11 is 0. The molecule has 0 N–H and O–H groups in total. The van der Waals surface area contributed by atoms with E-state index in [2.05, 4.69) is 30.1 Å². The molecule has 0 radical (unpaired) electrons. The summed E-state index contributed by atoms with van der Waals surface area (Å²) in [5, 5.41) is 3.16. The van der Waals surface area contributed by atoms with E-state index < -0.39 is 0 Å². The van der Waals surface area contributed by atoms with Gasteiger partial charge < -0.3 is 8.83 Å². The molecule has 24 heavy (non-hydrogen) atoms. The highest BCUT2D eigenvalue weighted by Gasteiger charge is 2.24. The first-order valence-corrected chi connectivity index (χ1v) is 7.88. The standard InChI is InChI=1S/C20H15N2O2/c1-12-8-9-14-17-13-6-3-4-7-15(13)23-20(17)24-18(14)16(12)19-21-10-5-11-22(19)2/h3-11H,1-2H3/q+1. The van der Waals surface area contributed by atoms with Crippen LogP contribution in [0.4, 0.5) is 0 Å². The molecule has 0 spiro atoms. The van der Waals surface area contributed by atoms with Crippen molar-refractivity contribution in [3.8, 4) is 11.4 Å². The first-order valence-electron chi connectivity index (χ1n) is 7.88. The third-order valence-corrected chi connectivity index (χ3v) is 4.54. The minimum Gasteiger partial charge on any atom is -0.425 e. The predicted molar refractivity (Wildman–Crippen MR) is 92.6 cm³/mol. The summed E-state index contributed by atoms with van der Waals surface area (Å²) in [4.78, 5) is 4.55. The van der Waals surface area contributed by atoms with Crippen molar-refractivity contribution in [3.05, 3.63) is 60.4 Å². The summed E-state index contributed by atoms with van der Waals surface area (Å²) in [5.41, 5.74) is 3.80. The Hall–Kier alpha value is -3.14. The minimum atomic E-state index is 0.566. The molecule has 0 aliphatic heterocycles. The molecule has 0 unspecified atom stereocenters. The minimum absolute atomic E-state index is 0.566. The third-order valence-electron chi connectivity index (χ3n) is 4.54. The van der Waals surface area contributed by atoms with Crippen LogP contribution in [0.25, 0.3) is 44.5 Å². The highest BCUT2D eigenvalue weighted by molar-refractivity contribution is 6.19. The Morgan fingerprint density at radius 3 is 2.71 bits per heavy atom. The lowest BCUT2D eigenvalue weighted by Crippen LogP contribution is -2.31. The van der Waals surface area contributed by atoms with Gasteiger partial charge in [0.1, 0.15) is 17.3 Å². The number of aryl methyl sites for hydroxylation is 2. The Bertz CT molecular complexity index is 1230.